The molecule has 2 aliphatic rings. The number of urea groups is 1. The predicted molar refractivity (Wildman–Crippen MR) is 183 cm³/mol. The van der Waals surface area contributed by atoms with E-state index in [1.807, 2.05) is 55.4 Å². The molecule has 0 spiro atoms. The van der Waals surface area contributed by atoms with E-state index in [-0.39, 0.29) is 23.5 Å². The van der Waals surface area contributed by atoms with Crippen molar-refractivity contribution in [3.63, 3.8) is 0 Å². The third-order valence-electron chi connectivity index (χ3n) is 6.47. The number of nitrogens with zero attached hydrogens (tertiary/aromatic N) is 1. The summed E-state index contributed by atoms with van der Waals surface area (Å²) in [6, 6.07) is -2.33. The van der Waals surface area contributed by atoms with Crippen LogP contribution in [0.1, 0.15) is 120 Å². The first-order valence-corrected chi connectivity index (χ1v) is 16.6. The van der Waals surface area contributed by atoms with E-state index in [1.54, 1.807) is 11.0 Å². The lowest BCUT2D eigenvalue weighted by Crippen LogP contribution is -2.58. The number of amides is 5. The number of Topliss-reactive ketones (excluding diaryl/α,β-unsaturated/α-hetero) is 1. The number of hydrogen-bond donors (Lipinski definition) is 4. The number of hydrogen-bond acceptors (Lipinski definition) is 5. The molecule has 1 saturated heterocycles. The molecule has 5 amide bonds. The fourth-order valence-electron chi connectivity index (χ4n) is 4.55. The first kappa shape index (κ1) is 47.6. The summed E-state index contributed by atoms with van der Waals surface area (Å²) >= 11 is 0. The normalized spacial score (nSPS) is 15.9. The van der Waals surface area contributed by atoms with Crippen LogP contribution < -0.4 is 21.3 Å². The van der Waals surface area contributed by atoms with Crippen molar-refractivity contribution < 1.29 is 24.0 Å². The van der Waals surface area contributed by atoms with Crippen LogP contribution in [0.5, 0.6) is 0 Å². The van der Waals surface area contributed by atoms with E-state index in [0.29, 0.717) is 45.2 Å². The zero-order valence-electron chi connectivity index (χ0n) is 29.5. The Morgan fingerprint density at radius 2 is 1.50 bits per heavy atom. The fraction of sp³-hybridized carbons (Fsp3) is 0.735. The molecule has 10 nitrogen and oxygen atoms in total. The number of carbonyl (C=O) groups excluding carboxylic acids is 5. The number of carbonyl (C=O) groups is 5. The molecule has 2 rings (SSSR count). The lowest BCUT2D eigenvalue weighted by atomic mass is 9.83. The molecule has 3 atom stereocenters. The Balaban J connectivity index is -0.000000488. The van der Waals surface area contributed by atoms with E-state index in [4.69, 9.17) is 6.42 Å². The van der Waals surface area contributed by atoms with E-state index < -0.39 is 24.2 Å². The van der Waals surface area contributed by atoms with Gasteiger partial charge in [-0.1, -0.05) is 80.7 Å². The standard InChI is InChI=1S/C22H34N4O4.C4H7NO.4C2H6/c1-4-5-12-17(15(2)27)24-20(28)18-13-9-14-26(18)21(29)19(25-22(30)23-3)16-10-7-6-8-11-16;1-2-3-5-4-6;4*1-2/h1,16-19H,5-14H2,2-3H3,(H,24,28)(H2,23,25,30);2,4H,1,3H2,(H,5,6);4*1-2H3. The highest BCUT2D eigenvalue weighted by molar-refractivity contribution is 5.94. The van der Waals surface area contributed by atoms with Crippen LogP contribution >= 0.6 is 0 Å². The molecule has 4 N–H and O–H groups in total. The lowest BCUT2D eigenvalue weighted by molar-refractivity contribution is -0.141. The van der Waals surface area contributed by atoms with Crippen molar-refractivity contribution in [2.75, 3.05) is 20.1 Å². The van der Waals surface area contributed by atoms with E-state index >= 15 is 0 Å². The van der Waals surface area contributed by atoms with Gasteiger partial charge in [0.05, 0.1) is 6.04 Å². The number of terminal acetylenes is 1. The highest BCUT2D eigenvalue weighted by Crippen LogP contribution is 2.29. The minimum atomic E-state index is -0.649. The molecule has 44 heavy (non-hydrogen) atoms. The highest BCUT2D eigenvalue weighted by Gasteiger charge is 2.41. The van der Waals surface area contributed by atoms with E-state index in [2.05, 4.69) is 33.8 Å². The molecule has 3 unspecified atom stereocenters. The molecule has 2 fully saturated rings. The Bertz CT molecular complexity index is 798. The average molecular weight is 624 g/mol. The van der Waals surface area contributed by atoms with Gasteiger partial charge < -0.3 is 26.2 Å². The summed E-state index contributed by atoms with van der Waals surface area (Å²) in [5.41, 5.74) is 0. The molecule has 1 aliphatic heterocycles. The Labute approximate surface area is 269 Å². The maximum absolute atomic E-state index is 13.4. The summed E-state index contributed by atoms with van der Waals surface area (Å²) in [5.74, 6) is 1.84. The van der Waals surface area contributed by atoms with Crippen LogP contribution in [-0.4, -0.2) is 73.2 Å². The molecule has 0 bridgehead atoms. The van der Waals surface area contributed by atoms with Gasteiger partial charge in [-0.05, 0) is 44.9 Å². The average Bonchev–Trinajstić information content (AvgIpc) is 3.58. The number of rotatable bonds is 11. The Kier molecular flexibility index (Phi) is 36.9. The van der Waals surface area contributed by atoms with Crippen LogP contribution in [0.4, 0.5) is 4.79 Å². The fourth-order valence-corrected chi connectivity index (χ4v) is 4.55. The second-order valence-electron chi connectivity index (χ2n) is 9.02. The van der Waals surface area contributed by atoms with Gasteiger partial charge in [0.2, 0.25) is 18.2 Å². The first-order chi connectivity index (χ1) is 21.3. The molecule has 0 radical (unpaired) electrons. The van der Waals surface area contributed by atoms with Gasteiger partial charge in [-0.2, -0.15) is 0 Å². The van der Waals surface area contributed by atoms with Crippen molar-refractivity contribution in [2.24, 2.45) is 5.92 Å². The molecule has 0 aromatic carbocycles. The van der Waals surface area contributed by atoms with Crippen LogP contribution in [0.25, 0.3) is 0 Å². The van der Waals surface area contributed by atoms with E-state index in [9.17, 15) is 24.0 Å². The molecule has 1 aliphatic carbocycles. The maximum Gasteiger partial charge on any atom is 0.315 e. The number of likely N-dealkylation sites (tertiary alicyclic amines) is 1. The summed E-state index contributed by atoms with van der Waals surface area (Å²) in [6.07, 6.45) is 14.5. The smallest absolute Gasteiger partial charge is 0.315 e. The van der Waals surface area contributed by atoms with Crippen LogP contribution in [0.2, 0.25) is 0 Å². The summed E-state index contributed by atoms with van der Waals surface area (Å²) in [5, 5.41) is 10.5. The van der Waals surface area contributed by atoms with E-state index in [0.717, 1.165) is 32.1 Å². The van der Waals surface area contributed by atoms with Gasteiger partial charge >= 0.3 is 6.03 Å². The molecule has 10 heteroatoms. The van der Waals surface area contributed by atoms with Gasteiger partial charge in [-0.15, -0.1) is 18.9 Å². The van der Waals surface area contributed by atoms with Gasteiger partial charge in [0.15, 0.2) is 5.78 Å². The van der Waals surface area contributed by atoms with Crippen molar-refractivity contribution in [2.45, 2.75) is 138 Å². The Hall–Kier alpha value is -3.35. The molecule has 1 heterocycles. The second-order valence-corrected chi connectivity index (χ2v) is 9.02. The maximum atomic E-state index is 13.4. The summed E-state index contributed by atoms with van der Waals surface area (Å²) in [6.45, 7) is 21.8. The van der Waals surface area contributed by atoms with Gasteiger partial charge in [-0.25, -0.2) is 4.79 Å². The number of nitrogens with one attached hydrogen (secondary N) is 4. The minimum Gasteiger partial charge on any atom is -0.355 e. The lowest BCUT2D eigenvalue weighted by Gasteiger charge is -2.34. The third kappa shape index (κ3) is 20.5. The molecule has 256 valence electrons. The Morgan fingerprint density at radius 3 is 1.93 bits per heavy atom. The predicted octanol–water partition coefficient (Wildman–Crippen LogP) is 5.37. The van der Waals surface area contributed by atoms with Crippen molar-refractivity contribution in [3.05, 3.63) is 12.7 Å². The van der Waals surface area contributed by atoms with Crippen molar-refractivity contribution in [3.8, 4) is 12.3 Å². The molecule has 0 aromatic rings. The van der Waals surface area contributed by atoms with Gasteiger partial charge in [-0.3, -0.25) is 19.2 Å². The minimum absolute atomic E-state index is 0.0634. The monoisotopic (exact) mass is 623 g/mol. The first-order valence-electron chi connectivity index (χ1n) is 16.6. The summed E-state index contributed by atoms with van der Waals surface area (Å²) in [7, 11) is 1.52. The zero-order valence-corrected chi connectivity index (χ0v) is 29.5. The van der Waals surface area contributed by atoms with Crippen molar-refractivity contribution in [1.29, 1.82) is 0 Å². The van der Waals surface area contributed by atoms with Gasteiger partial charge in [0.1, 0.15) is 12.1 Å². The van der Waals surface area contributed by atoms with Crippen LogP contribution in [0.15, 0.2) is 12.7 Å². The van der Waals surface area contributed by atoms with Crippen LogP contribution in [0.3, 0.4) is 0 Å². The second kappa shape index (κ2) is 34.1. The summed E-state index contributed by atoms with van der Waals surface area (Å²) in [4.78, 5) is 61.2. The quantitative estimate of drug-likeness (QED) is 0.106. The van der Waals surface area contributed by atoms with Crippen LogP contribution in [-0.2, 0) is 19.2 Å². The van der Waals surface area contributed by atoms with Gasteiger partial charge in [0.25, 0.3) is 0 Å². The largest absolute Gasteiger partial charge is 0.355 e. The highest BCUT2D eigenvalue weighted by atomic mass is 16.2. The molecule has 1 saturated carbocycles. The Morgan fingerprint density at radius 1 is 0.932 bits per heavy atom. The van der Waals surface area contributed by atoms with E-state index in [1.165, 1.54) is 14.0 Å². The third-order valence-corrected chi connectivity index (χ3v) is 6.47. The SMILES string of the molecule is C#CCCC(NC(=O)C1CCCN1C(=O)C(NC(=O)NC)C1CCCCC1)C(C)=O.C=CCNC=O.CC.CC.CC.CC. The molecule has 0 aromatic heterocycles. The van der Waals surface area contributed by atoms with Gasteiger partial charge in [0, 0.05) is 26.6 Å². The zero-order chi connectivity index (χ0) is 34.9. The van der Waals surface area contributed by atoms with Crippen molar-refractivity contribution in [1.82, 2.24) is 26.2 Å². The molecular formula is C34H65N5O5. The summed E-state index contributed by atoms with van der Waals surface area (Å²) < 4.78 is 0. The molecular weight excluding hydrogens is 558 g/mol. The van der Waals surface area contributed by atoms with Crippen molar-refractivity contribution >= 4 is 30.0 Å². The topological polar surface area (TPSA) is 137 Å². The number of ketones is 1. The van der Waals surface area contributed by atoms with Crippen LogP contribution in [0, 0.1) is 18.3 Å².